The molecule has 3 aromatic rings. The van der Waals surface area contributed by atoms with E-state index in [9.17, 15) is 0 Å². The SMILES string of the molecule is [C-]#[N+]c1ccc(C[C@@H](c2nnc(-c3ccc(CO[Si](C)(C)C(C)(C)C)cc3)o2)[C@H](C)O[Si](C)(C)C(C)(C)C)cc1Cl. The van der Waals surface area contributed by atoms with Crippen molar-refractivity contribution in [2.45, 2.75) is 110 Å². The van der Waals surface area contributed by atoms with Gasteiger partial charge in [0, 0.05) is 10.6 Å². The highest BCUT2D eigenvalue weighted by molar-refractivity contribution is 6.74. The topological polar surface area (TPSA) is 61.7 Å². The van der Waals surface area contributed by atoms with Crippen LogP contribution in [0.1, 0.15) is 71.4 Å². The second kappa shape index (κ2) is 12.5. The van der Waals surface area contributed by atoms with Crippen LogP contribution in [0.4, 0.5) is 5.69 Å². The molecule has 0 saturated heterocycles. The van der Waals surface area contributed by atoms with E-state index in [4.69, 9.17) is 31.4 Å². The van der Waals surface area contributed by atoms with Gasteiger partial charge in [-0.25, -0.2) is 4.85 Å². The molecule has 0 amide bonds. The monoisotopic (exact) mass is 611 g/mol. The smallest absolute Gasteiger partial charge is 0.247 e. The Morgan fingerprint density at radius 1 is 0.902 bits per heavy atom. The van der Waals surface area contributed by atoms with Crippen LogP contribution >= 0.6 is 11.6 Å². The van der Waals surface area contributed by atoms with Crippen LogP contribution in [0.2, 0.25) is 41.3 Å². The summed E-state index contributed by atoms with van der Waals surface area (Å²) in [5, 5.41) is 9.58. The molecule has 1 heterocycles. The summed E-state index contributed by atoms with van der Waals surface area (Å²) in [6.45, 7) is 32.5. The van der Waals surface area contributed by atoms with Gasteiger partial charge >= 0.3 is 0 Å². The molecular weight excluding hydrogens is 566 g/mol. The van der Waals surface area contributed by atoms with E-state index in [-0.39, 0.29) is 22.1 Å². The fourth-order valence-corrected chi connectivity index (χ4v) is 6.58. The highest BCUT2D eigenvalue weighted by Gasteiger charge is 2.41. The van der Waals surface area contributed by atoms with Gasteiger partial charge in [0.1, 0.15) is 0 Å². The molecule has 0 spiro atoms. The van der Waals surface area contributed by atoms with Crippen molar-refractivity contribution in [3.05, 3.63) is 75.9 Å². The Kier molecular flexibility index (Phi) is 10.1. The van der Waals surface area contributed by atoms with Crippen molar-refractivity contribution in [3.8, 4) is 11.5 Å². The Morgan fingerprint density at radius 2 is 1.49 bits per heavy atom. The first-order valence-electron chi connectivity index (χ1n) is 14.2. The zero-order valence-electron chi connectivity index (χ0n) is 26.6. The molecule has 2 atom stereocenters. The van der Waals surface area contributed by atoms with Crippen molar-refractivity contribution < 1.29 is 13.3 Å². The second-order valence-electron chi connectivity index (χ2n) is 14.0. The Morgan fingerprint density at radius 3 is 2.02 bits per heavy atom. The van der Waals surface area contributed by atoms with Gasteiger partial charge < -0.3 is 13.3 Å². The summed E-state index contributed by atoms with van der Waals surface area (Å²) in [4.78, 5) is 3.49. The van der Waals surface area contributed by atoms with Crippen LogP contribution in [0.25, 0.3) is 16.3 Å². The lowest BCUT2D eigenvalue weighted by Gasteiger charge is -2.40. The van der Waals surface area contributed by atoms with E-state index in [0.29, 0.717) is 35.5 Å². The van der Waals surface area contributed by atoms with Crippen LogP contribution in [-0.2, 0) is 21.9 Å². The van der Waals surface area contributed by atoms with Crippen molar-refractivity contribution in [2.24, 2.45) is 0 Å². The molecule has 9 heteroatoms. The minimum absolute atomic E-state index is 0.0580. The van der Waals surface area contributed by atoms with Gasteiger partial charge in [0.15, 0.2) is 16.6 Å². The first kappa shape index (κ1) is 33.2. The molecule has 2 aromatic carbocycles. The number of hydrogen-bond acceptors (Lipinski definition) is 5. The predicted molar refractivity (Wildman–Crippen MR) is 174 cm³/mol. The summed E-state index contributed by atoms with van der Waals surface area (Å²) in [6.07, 6.45) is 0.428. The highest BCUT2D eigenvalue weighted by atomic mass is 35.5. The van der Waals surface area contributed by atoms with Crippen molar-refractivity contribution in [1.29, 1.82) is 0 Å². The van der Waals surface area contributed by atoms with Gasteiger partial charge in [-0.1, -0.05) is 83.5 Å². The zero-order chi connectivity index (χ0) is 30.8. The van der Waals surface area contributed by atoms with E-state index in [0.717, 1.165) is 16.7 Å². The van der Waals surface area contributed by atoms with Crippen LogP contribution in [0.5, 0.6) is 0 Å². The summed E-state index contributed by atoms with van der Waals surface area (Å²) < 4.78 is 19.5. The average molecular weight is 612 g/mol. The van der Waals surface area contributed by atoms with Crippen molar-refractivity contribution in [2.75, 3.05) is 0 Å². The van der Waals surface area contributed by atoms with Gasteiger partial charge in [-0.15, -0.1) is 10.2 Å². The van der Waals surface area contributed by atoms with Crippen LogP contribution in [0.3, 0.4) is 0 Å². The molecule has 0 bridgehead atoms. The van der Waals surface area contributed by atoms with Crippen molar-refractivity contribution >= 4 is 33.9 Å². The van der Waals surface area contributed by atoms with E-state index >= 15 is 0 Å². The lowest BCUT2D eigenvalue weighted by molar-refractivity contribution is 0.154. The number of rotatable bonds is 10. The highest BCUT2D eigenvalue weighted by Crippen LogP contribution is 2.40. The first-order chi connectivity index (χ1) is 18.8. The number of benzene rings is 2. The summed E-state index contributed by atoms with van der Waals surface area (Å²) in [5.41, 5.74) is 3.41. The molecule has 3 rings (SSSR count). The van der Waals surface area contributed by atoms with E-state index in [1.807, 2.05) is 24.3 Å². The fourth-order valence-electron chi connectivity index (χ4n) is 3.92. The molecular formula is C32H46ClN3O3Si2. The third kappa shape index (κ3) is 8.17. The fraction of sp³-hybridized carbons (Fsp3) is 0.531. The summed E-state index contributed by atoms with van der Waals surface area (Å²) >= 11 is 6.37. The Bertz CT molecular complexity index is 1370. The van der Waals surface area contributed by atoms with Crippen LogP contribution in [0, 0.1) is 6.57 Å². The first-order valence-corrected chi connectivity index (χ1v) is 20.4. The molecule has 41 heavy (non-hydrogen) atoms. The molecule has 0 aliphatic carbocycles. The number of nitrogens with zero attached hydrogens (tertiary/aromatic N) is 3. The minimum Gasteiger partial charge on any atom is -0.420 e. The third-order valence-electron chi connectivity index (χ3n) is 8.81. The second-order valence-corrected chi connectivity index (χ2v) is 24.0. The number of hydrogen-bond donors (Lipinski definition) is 0. The Balaban J connectivity index is 1.86. The zero-order valence-corrected chi connectivity index (χ0v) is 29.3. The average Bonchev–Trinajstić information content (AvgIpc) is 3.34. The maximum absolute atomic E-state index is 7.32. The minimum atomic E-state index is -2.07. The van der Waals surface area contributed by atoms with Gasteiger partial charge in [-0.2, -0.15) is 0 Å². The van der Waals surface area contributed by atoms with E-state index in [1.54, 1.807) is 6.07 Å². The summed E-state index contributed by atoms with van der Waals surface area (Å²) in [7, 11) is -3.90. The molecule has 222 valence electrons. The molecule has 6 nitrogen and oxygen atoms in total. The predicted octanol–water partition coefficient (Wildman–Crippen LogP) is 10.2. The van der Waals surface area contributed by atoms with Crippen molar-refractivity contribution in [3.63, 3.8) is 0 Å². The van der Waals surface area contributed by atoms with Gasteiger partial charge in [0.2, 0.25) is 17.5 Å². The van der Waals surface area contributed by atoms with Crippen molar-refractivity contribution in [1.82, 2.24) is 10.2 Å². The molecule has 0 saturated carbocycles. The quantitative estimate of drug-likeness (QED) is 0.168. The van der Waals surface area contributed by atoms with Crippen LogP contribution in [0.15, 0.2) is 46.9 Å². The van der Waals surface area contributed by atoms with Crippen LogP contribution in [-0.4, -0.2) is 32.9 Å². The van der Waals surface area contributed by atoms with Gasteiger partial charge in [-0.05, 0) is 72.9 Å². The normalized spacial score (nSPS) is 14.5. The number of aromatic nitrogens is 2. The Hall–Kier alpha value is -2.29. The molecule has 0 radical (unpaired) electrons. The molecule has 0 unspecified atom stereocenters. The maximum Gasteiger partial charge on any atom is 0.247 e. The lowest BCUT2D eigenvalue weighted by atomic mass is 9.94. The molecule has 0 aliphatic heterocycles. The van der Waals surface area contributed by atoms with E-state index in [1.165, 1.54) is 0 Å². The lowest BCUT2D eigenvalue weighted by Crippen LogP contribution is -2.44. The summed E-state index contributed by atoms with van der Waals surface area (Å²) in [5.74, 6) is 0.821. The van der Waals surface area contributed by atoms with Gasteiger partial charge in [0.25, 0.3) is 0 Å². The van der Waals surface area contributed by atoms with Crippen LogP contribution < -0.4 is 0 Å². The number of halogens is 1. The standard InChI is InChI=1S/C32H46ClN3O3Si2/c1-22(39-41(11,12)32(5,6)7)26(19-24-15-18-28(34-8)27(33)20-24)30-36-35-29(38-30)25-16-13-23(14-17-25)21-37-40(9,10)31(2,3)4/h13-18,20,22,26H,19,21H2,1-7,9-12H3/t22-,26+/m0/s1. The molecule has 0 N–H and O–H groups in total. The Labute approximate surface area is 253 Å². The van der Waals surface area contributed by atoms with Gasteiger partial charge in [-0.3, -0.25) is 0 Å². The third-order valence-corrected chi connectivity index (χ3v) is 18.2. The van der Waals surface area contributed by atoms with E-state index in [2.05, 4.69) is 102 Å². The maximum atomic E-state index is 7.32. The molecule has 1 aromatic heterocycles. The molecule has 0 aliphatic rings. The van der Waals surface area contributed by atoms with Gasteiger partial charge in [0.05, 0.1) is 25.2 Å². The molecule has 0 fully saturated rings. The van der Waals surface area contributed by atoms with E-state index < -0.39 is 16.6 Å². The largest absolute Gasteiger partial charge is 0.420 e. The summed E-state index contributed by atoms with van der Waals surface area (Å²) in [6, 6.07) is 13.7.